The second-order valence-corrected chi connectivity index (χ2v) is 5.66. The molecule has 1 aliphatic heterocycles. The fourth-order valence-corrected chi connectivity index (χ4v) is 2.30. The van der Waals surface area contributed by atoms with E-state index >= 15 is 0 Å². The number of carbonyl (C=O) groups excluding carboxylic acids is 1. The van der Waals surface area contributed by atoms with Crippen LogP contribution < -0.4 is 20.5 Å². The zero-order chi connectivity index (χ0) is 15.6. The van der Waals surface area contributed by atoms with Gasteiger partial charge in [-0.3, -0.25) is 4.79 Å². The van der Waals surface area contributed by atoms with Gasteiger partial charge in [0.05, 0.1) is 18.2 Å². The molecule has 0 aliphatic carbocycles. The van der Waals surface area contributed by atoms with E-state index in [1.165, 1.54) is 0 Å². The van der Waals surface area contributed by atoms with Gasteiger partial charge in [0.2, 0.25) is 5.91 Å². The lowest BCUT2D eigenvalue weighted by Gasteiger charge is -2.18. The van der Waals surface area contributed by atoms with Gasteiger partial charge in [-0.1, -0.05) is 6.92 Å². The molecule has 0 bridgehead atoms. The molecular formula is C16H25ClN2O3. The van der Waals surface area contributed by atoms with Crippen molar-refractivity contribution in [3.63, 3.8) is 0 Å². The molecule has 0 saturated carbocycles. The van der Waals surface area contributed by atoms with Crippen LogP contribution in [0.1, 0.15) is 33.3 Å². The van der Waals surface area contributed by atoms with E-state index in [0.29, 0.717) is 18.0 Å². The van der Waals surface area contributed by atoms with Gasteiger partial charge in [-0.15, -0.1) is 12.4 Å². The molecule has 1 aliphatic rings. The van der Waals surface area contributed by atoms with Crippen LogP contribution in [0.15, 0.2) is 12.1 Å². The topological polar surface area (TPSA) is 73.6 Å². The normalized spacial score (nSPS) is 18.5. The molecule has 1 heterocycles. The second-order valence-electron chi connectivity index (χ2n) is 5.66. The first-order valence-corrected chi connectivity index (χ1v) is 7.45. The van der Waals surface area contributed by atoms with Crippen LogP contribution in [0.3, 0.4) is 0 Å². The Morgan fingerprint density at radius 3 is 2.77 bits per heavy atom. The SMILES string of the molecule is CCOc1cc2c(cc1NC(=O)C(C)C(C)N)OC(C)C2.Cl. The number of rotatable bonds is 5. The predicted molar refractivity (Wildman–Crippen MR) is 90.1 cm³/mol. The minimum absolute atomic E-state index is 0. The van der Waals surface area contributed by atoms with Crippen molar-refractivity contribution in [1.82, 2.24) is 0 Å². The van der Waals surface area contributed by atoms with E-state index in [1.54, 1.807) is 0 Å². The number of hydrogen-bond donors (Lipinski definition) is 2. The van der Waals surface area contributed by atoms with Crippen LogP contribution in [-0.4, -0.2) is 24.7 Å². The van der Waals surface area contributed by atoms with Gasteiger partial charge < -0.3 is 20.5 Å². The number of nitrogens with two attached hydrogens (primary N) is 1. The minimum atomic E-state index is -0.271. The standard InChI is InChI=1S/C16H24N2O3.ClH/c1-5-20-15-7-12-6-9(2)21-14(12)8-13(15)18-16(19)10(3)11(4)17;/h7-11H,5-6,17H2,1-4H3,(H,18,19);1H. The number of halogens is 1. The largest absolute Gasteiger partial charge is 0.492 e. The van der Waals surface area contributed by atoms with Crippen LogP contribution in [0.5, 0.6) is 11.5 Å². The number of ether oxygens (including phenoxy) is 2. The molecule has 0 spiro atoms. The molecule has 0 aromatic heterocycles. The van der Waals surface area contributed by atoms with Gasteiger partial charge in [0, 0.05) is 24.1 Å². The molecule has 22 heavy (non-hydrogen) atoms. The lowest BCUT2D eigenvalue weighted by atomic mass is 10.0. The summed E-state index contributed by atoms with van der Waals surface area (Å²) in [4.78, 5) is 12.2. The molecule has 3 N–H and O–H groups in total. The average Bonchev–Trinajstić information content (AvgIpc) is 2.77. The number of fused-ring (bicyclic) bond motifs is 1. The van der Waals surface area contributed by atoms with E-state index in [-0.39, 0.29) is 36.4 Å². The molecule has 0 fully saturated rings. The van der Waals surface area contributed by atoms with E-state index in [9.17, 15) is 4.79 Å². The van der Waals surface area contributed by atoms with Gasteiger partial charge in [0.15, 0.2) is 0 Å². The van der Waals surface area contributed by atoms with Crippen LogP contribution in [0.25, 0.3) is 0 Å². The Morgan fingerprint density at radius 1 is 1.50 bits per heavy atom. The molecule has 5 nitrogen and oxygen atoms in total. The Bertz CT molecular complexity index is 534. The van der Waals surface area contributed by atoms with Gasteiger partial charge in [-0.25, -0.2) is 0 Å². The highest BCUT2D eigenvalue weighted by Crippen LogP contribution is 2.38. The van der Waals surface area contributed by atoms with Crippen molar-refractivity contribution in [1.29, 1.82) is 0 Å². The number of carbonyl (C=O) groups is 1. The maximum absolute atomic E-state index is 12.2. The lowest BCUT2D eigenvalue weighted by molar-refractivity contribution is -0.119. The monoisotopic (exact) mass is 328 g/mol. The molecule has 0 radical (unpaired) electrons. The van der Waals surface area contributed by atoms with Gasteiger partial charge in [0.25, 0.3) is 0 Å². The summed E-state index contributed by atoms with van der Waals surface area (Å²) in [5.74, 6) is 1.11. The molecule has 0 saturated heterocycles. The van der Waals surface area contributed by atoms with E-state index in [2.05, 4.69) is 5.32 Å². The van der Waals surface area contributed by atoms with Gasteiger partial charge in [-0.05, 0) is 26.8 Å². The van der Waals surface area contributed by atoms with Crippen molar-refractivity contribution in [2.45, 2.75) is 46.3 Å². The van der Waals surface area contributed by atoms with Crippen LogP contribution in [-0.2, 0) is 11.2 Å². The second kappa shape index (κ2) is 7.70. The molecule has 2 rings (SSSR count). The smallest absolute Gasteiger partial charge is 0.228 e. The number of nitrogens with one attached hydrogen (secondary N) is 1. The first-order valence-electron chi connectivity index (χ1n) is 7.45. The summed E-state index contributed by atoms with van der Waals surface area (Å²) in [6, 6.07) is 3.59. The third kappa shape index (κ3) is 4.05. The summed E-state index contributed by atoms with van der Waals surface area (Å²) in [6.45, 7) is 8.12. The lowest BCUT2D eigenvalue weighted by Crippen LogP contribution is -2.34. The van der Waals surface area contributed by atoms with Crippen LogP contribution in [0.2, 0.25) is 0 Å². The molecule has 3 atom stereocenters. The highest BCUT2D eigenvalue weighted by Gasteiger charge is 2.24. The minimum Gasteiger partial charge on any atom is -0.492 e. The van der Waals surface area contributed by atoms with Crippen molar-refractivity contribution < 1.29 is 14.3 Å². The van der Waals surface area contributed by atoms with Crippen molar-refractivity contribution in [2.75, 3.05) is 11.9 Å². The number of anilines is 1. The highest BCUT2D eigenvalue weighted by molar-refractivity contribution is 5.94. The summed E-state index contributed by atoms with van der Waals surface area (Å²) in [5, 5.41) is 2.90. The van der Waals surface area contributed by atoms with Gasteiger partial charge >= 0.3 is 0 Å². The zero-order valence-electron chi connectivity index (χ0n) is 13.5. The van der Waals surface area contributed by atoms with Crippen LogP contribution >= 0.6 is 12.4 Å². The number of hydrogen-bond acceptors (Lipinski definition) is 4. The van der Waals surface area contributed by atoms with E-state index in [4.69, 9.17) is 15.2 Å². The fourth-order valence-electron chi connectivity index (χ4n) is 2.30. The fraction of sp³-hybridized carbons (Fsp3) is 0.562. The Kier molecular flexibility index (Phi) is 6.50. The van der Waals surface area contributed by atoms with E-state index in [1.807, 2.05) is 39.8 Å². The van der Waals surface area contributed by atoms with Crippen molar-refractivity contribution in [3.8, 4) is 11.5 Å². The molecule has 6 heteroatoms. The quantitative estimate of drug-likeness (QED) is 0.871. The van der Waals surface area contributed by atoms with Crippen LogP contribution in [0, 0.1) is 5.92 Å². The maximum Gasteiger partial charge on any atom is 0.228 e. The number of benzene rings is 1. The van der Waals surface area contributed by atoms with Crippen molar-refractivity contribution in [3.05, 3.63) is 17.7 Å². The predicted octanol–water partition coefficient (Wildman–Crippen LogP) is 2.75. The Labute approximate surface area is 138 Å². The van der Waals surface area contributed by atoms with E-state index in [0.717, 1.165) is 17.7 Å². The summed E-state index contributed by atoms with van der Waals surface area (Å²) in [5.41, 5.74) is 7.53. The summed E-state index contributed by atoms with van der Waals surface area (Å²) in [7, 11) is 0. The van der Waals surface area contributed by atoms with Gasteiger partial charge in [0.1, 0.15) is 17.6 Å². The third-order valence-corrected chi connectivity index (χ3v) is 3.76. The molecule has 1 amide bonds. The maximum atomic E-state index is 12.2. The first-order chi connectivity index (χ1) is 9.92. The summed E-state index contributed by atoms with van der Waals surface area (Å²) < 4.78 is 11.4. The molecule has 124 valence electrons. The highest BCUT2D eigenvalue weighted by atomic mass is 35.5. The van der Waals surface area contributed by atoms with E-state index < -0.39 is 0 Å². The van der Waals surface area contributed by atoms with Gasteiger partial charge in [-0.2, -0.15) is 0 Å². The Morgan fingerprint density at radius 2 is 2.18 bits per heavy atom. The molecule has 3 unspecified atom stereocenters. The molecule has 1 aromatic carbocycles. The number of amides is 1. The van der Waals surface area contributed by atoms with Crippen molar-refractivity contribution in [2.24, 2.45) is 11.7 Å². The Hall–Kier alpha value is -1.46. The van der Waals surface area contributed by atoms with Crippen LogP contribution in [0.4, 0.5) is 5.69 Å². The first kappa shape index (κ1) is 18.6. The summed E-state index contributed by atoms with van der Waals surface area (Å²) >= 11 is 0. The zero-order valence-corrected chi connectivity index (χ0v) is 14.3. The third-order valence-electron chi connectivity index (χ3n) is 3.76. The van der Waals surface area contributed by atoms with Crippen molar-refractivity contribution >= 4 is 24.0 Å². The molecule has 1 aromatic rings. The summed E-state index contributed by atoms with van der Waals surface area (Å²) in [6.07, 6.45) is 1.02. The average molecular weight is 329 g/mol. The Balaban J connectivity index is 0.00000242. The molecular weight excluding hydrogens is 304 g/mol.